The molecule has 30 heavy (non-hydrogen) atoms. The van der Waals surface area contributed by atoms with Gasteiger partial charge in [0.05, 0.1) is 18.8 Å². The number of nitrogens with zero attached hydrogens (tertiary/aromatic N) is 1. The Labute approximate surface area is 179 Å². The summed E-state index contributed by atoms with van der Waals surface area (Å²) in [5, 5.41) is 10.3. The van der Waals surface area contributed by atoms with E-state index < -0.39 is 0 Å². The van der Waals surface area contributed by atoms with Gasteiger partial charge in [0, 0.05) is 5.02 Å². The van der Waals surface area contributed by atoms with E-state index in [1.165, 1.54) is 0 Å². The number of methoxy groups -OCH3 is 1. The van der Waals surface area contributed by atoms with Crippen LogP contribution in [0.15, 0.2) is 60.7 Å². The average Bonchev–Trinajstić information content (AvgIpc) is 3.25. The molecule has 3 aromatic rings. The summed E-state index contributed by atoms with van der Waals surface area (Å²) in [5.41, 5.74) is 3.08. The summed E-state index contributed by atoms with van der Waals surface area (Å²) >= 11 is 5.92. The zero-order valence-corrected chi connectivity index (χ0v) is 17.0. The van der Waals surface area contributed by atoms with Crippen LogP contribution in [0.4, 0.5) is 0 Å². The Morgan fingerprint density at radius 1 is 1.03 bits per heavy atom. The lowest BCUT2D eigenvalue weighted by Gasteiger charge is -2.12. The van der Waals surface area contributed by atoms with E-state index >= 15 is 0 Å². The highest BCUT2D eigenvalue weighted by Gasteiger charge is 2.15. The van der Waals surface area contributed by atoms with Gasteiger partial charge in [-0.05, 0) is 65.2 Å². The number of allylic oxidation sites excluding steroid dienone is 1. The summed E-state index contributed by atoms with van der Waals surface area (Å²) in [7, 11) is 1.58. The molecule has 5 nitrogen and oxygen atoms in total. The zero-order valence-electron chi connectivity index (χ0n) is 16.2. The molecule has 4 rings (SSSR count). The predicted octanol–water partition coefficient (Wildman–Crippen LogP) is 5.72. The maximum absolute atomic E-state index is 9.64. The number of hydrogen-bond acceptors (Lipinski definition) is 5. The molecular weight excluding hydrogens is 402 g/mol. The fraction of sp³-hybridized carbons (Fsp3) is 0.125. The number of nitriles is 1. The maximum Gasteiger partial charge on any atom is 0.231 e. The molecule has 3 aromatic carbocycles. The highest BCUT2D eigenvalue weighted by atomic mass is 35.5. The summed E-state index contributed by atoms with van der Waals surface area (Å²) < 4.78 is 22.1. The molecule has 0 fully saturated rings. The minimum absolute atomic E-state index is 0.194. The van der Waals surface area contributed by atoms with Crippen molar-refractivity contribution in [3.63, 3.8) is 0 Å². The Morgan fingerprint density at radius 3 is 2.60 bits per heavy atom. The van der Waals surface area contributed by atoms with E-state index in [0.29, 0.717) is 40.2 Å². The number of rotatable bonds is 6. The second-order valence-corrected chi connectivity index (χ2v) is 7.00. The number of halogens is 1. The van der Waals surface area contributed by atoms with Crippen LogP contribution in [0.3, 0.4) is 0 Å². The fourth-order valence-electron chi connectivity index (χ4n) is 3.05. The number of hydrogen-bond donors (Lipinski definition) is 0. The monoisotopic (exact) mass is 419 g/mol. The summed E-state index contributed by atoms with van der Waals surface area (Å²) in [6.45, 7) is 0.586. The van der Waals surface area contributed by atoms with E-state index in [1.54, 1.807) is 25.3 Å². The van der Waals surface area contributed by atoms with Crippen molar-refractivity contribution in [1.82, 2.24) is 0 Å². The zero-order chi connectivity index (χ0) is 20.9. The number of fused-ring (bicyclic) bond motifs is 1. The molecule has 1 heterocycles. The van der Waals surface area contributed by atoms with E-state index in [1.807, 2.05) is 48.5 Å². The van der Waals surface area contributed by atoms with Crippen LogP contribution in [-0.2, 0) is 6.61 Å². The Bertz CT molecular complexity index is 1130. The first-order chi connectivity index (χ1) is 14.7. The average molecular weight is 420 g/mol. The van der Waals surface area contributed by atoms with Crippen molar-refractivity contribution in [2.75, 3.05) is 13.9 Å². The Morgan fingerprint density at radius 2 is 1.83 bits per heavy atom. The van der Waals surface area contributed by atoms with Gasteiger partial charge in [0.15, 0.2) is 23.0 Å². The Hall–Kier alpha value is -3.62. The van der Waals surface area contributed by atoms with Gasteiger partial charge in [0.1, 0.15) is 6.61 Å². The molecule has 0 aromatic heterocycles. The minimum Gasteiger partial charge on any atom is -0.493 e. The normalized spacial score (nSPS) is 12.4. The third kappa shape index (κ3) is 4.35. The molecule has 0 N–H and O–H groups in total. The predicted molar refractivity (Wildman–Crippen MR) is 115 cm³/mol. The van der Waals surface area contributed by atoms with Crippen molar-refractivity contribution in [3.8, 4) is 29.1 Å². The van der Waals surface area contributed by atoms with E-state index in [2.05, 4.69) is 6.07 Å². The molecule has 0 saturated carbocycles. The summed E-state index contributed by atoms with van der Waals surface area (Å²) in [5.74, 6) is 2.52. The van der Waals surface area contributed by atoms with Crippen molar-refractivity contribution < 1.29 is 18.9 Å². The molecule has 1 aliphatic heterocycles. The number of benzene rings is 3. The molecule has 0 saturated heterocycles. The van der Waals surface area contributed by atoms with Gasteiger partial charge in [-0.3, -0.25) is 0 Å². The lowest BCUT2D eigenvalue weighted by atomic mass is 10.0. The third-order valence-corrected chi connectivity index (χ3v) is 4.86. The van der Waals surface area contributed by atoms with Crippen LogP contribution in [0, 0.1) is 11.3 Å². The van der Waals surface area contributed by atoms with E-state index in [4.69, 9.17) is 30.5 Å². The minimum atomic E-state index is 0.194. The first-order valence-electron chi connectivity index (χ1n) is 9.23. The third-order valence-electron chi connectivity index (χ3n) is 4.61. The van der Waals surface area contributed by atoms with Crippen molar-refractivity contribution in [3.05, 3.63) is 82.4 Å². The topological polar surface area (TPSA) is 60.7 Å². The van der Waals surface area contributed by atoms with Gasteiger partial charge < -0.3 is 18.9 Å². The Balaban J connectivity index is 1.55. The van der Waals surface area contributed by atoms with Crippen molar-refractivity contribution in [2.45, 2.75) is 6.61 Å². The smallest absolute Gasteiger partial charge is 0.231 e. The molecule has 0 radical (unpaired) electrons. The van der Waals surface area contributed by atoms with Gasteiger partial charge in [-0.2, -0.15) is 5.26 Å². The van der Waals surface area contributed by atoms with Gasteiger partial charge in [-0.25, -0.2) is 0 Å². The van der Waals surface area contributed by atoms with Crippen LogP contribution in [-0.4, -0.2) is 13.9 Å². The molecule has 1 aliphatic rings. The maximum atomic E-state index is 9.64. The molecule has 0 atom stereocenters. The molecule has 0 aliphatic carbocycles. The molecule has 0 amide bonds. The van der Waals surface area contributed by atoms with E-state index in [9.17, 15) is 5.26 Å². The lowest BCUT2D eigenvalue weighted by molar-refractivity contribution is 0.174. The van der Waals surface area contributed by atoms with Crippen molar-refractivity contribution >= 4 is 23.3 Å². The van der Waals surface area contributed by atoms with Crippen molar-refractivity contribution in [2.24, 2.45) is 0 Å². The van der Waals surface area contributed by atoms with Crippen LogP contribution in [0.2, 0.25) is 5.02 Å². The molecule has 0 bridgehead atoms. The van der Waals surface area contributed by atoms with Crippen LogP contribution in [0.5, 0.6) is 23.0 Å². The highest BCUT2D eigenvalue weighted by Crippen LogP contribution is 2.35. The standard InChI is InChI=1S/C24H18ClNO4/c1-27-23-11-17(4-8-21(23)28-14-16-2-6-20(25)7-3-16)10-19(13-26)18-5-9-22-24(12-18)30-15-29-22/h2-12H,14-15H2,1H3/b19-10-. The van der Waals surface area contributed by atoms with Gasteiger partial charge in [0.25, 0.3) is 0 Å². The molecule has 150 valence electrons. The Kier molecular flexibility index (Phi) is 5.78. The largest absolute Gasteiger partial charge is 0.493 e. The van der Waals surface area contributed by atoms with Gasteiger partial charge in [0.2, 0.25) is 6.79 Å². The second-order valence-electron chi connectivity index (χ2n) is 6.56. The van der Waals surface area contributed by atoms with Crippen LogP contribution < -0.4 is 18.9 Å². The second kappa shape index (κ2) is 8.81. The van der Waals surface area contributed by atoms with E-state index in [0.717, 1.165) is 16.7 Å². The first-order valence-corrected chi connectivity index (χ1v) is 9.61. The molecule has 6 heteroatoms. The van der Waals surface area contributed by atoms with Crippen LogP contribution >= 0.6 is 11.6 Å². The fourth-order valence-corrected chi connectivity index (χ4v) is 3.17. The summed E-state index contributed by atoms with van der Waals surface area (Å²) in [4.78, 5) is 0. The number of ether oxygens (including phenoxy) is 4. The van der Waals surface area contributed by atoms with Crippen molar-refractivity contribution in [1.29, 1.82) is 5.26 Å². The molecular formula is C24H18ClNO4. The van der Waals surface area contributed by atoms with E-state index in [-0.39, 0.29) is 6.79 Å². The van der Waals surface area contributed by atoms with Crippen LogP contribution in [0.1, 0.15) is 16.7 Å². The van der Waals surface area contributed by atoms with Gasteiger partial charge >= 0.3 is 0 Å². The summed E-state index contributed by atoms with van der Waals surface area (Å²) in [6.07, 6.45) is 1.79. The SMILES string of the molecule is COc1cc(/C=C(/C#N)c2ccc3c(c2)OCO3)ccc1OCc1ccc(Cl)cc1. The van der Waals surface area contributed by atoms with Gasteiger partial charge in [-0.1, -0.05) is 29.8 Å². The van der Waals surface area contributed by atoms with Gasteiger partial charge in [-0.15, -0.1) is 0 Å². The quantitative estimate of drug-likeness (QED) is 0.377. The first kappa shape index (κ1) is 19.7. The summed E-state index contributed by atoms with van der Waals surface area (Å²) in [6, 6.07) is 20.7. The lowest BCUT2D eigenvalue weighted by Crippen LogP contribution is -1.98. The highest BCUT2D eigenvalue weighted by molar-refractivity contribution is 6.30. The molecule has 0 unspecified atom stereocenters. The molecule has 0 spiro atoms. The van der Waals surface area contributed by atoms with Crippen LogP contribution in [0.25, 0.3) is 11.6 Å².